The number of aromatic nitrogens is 2. The fourth-order valence-electron chi connectivity index (χ4n) is 3.07. The van der Waals surface area contributed by atoms with Gasteiger partial charge in [0.15, 0.2) is 5.82 Å². The molecule has 2 aromatic rings. The van der Waals surface area contributed by atoms with Crippen molar-refractivity contribution in [3.8, 4) is 0 Å². The van der Waals surface area contributed by atoms with Crippen molar-refractivity contribution in [2.45, 2.75) is 39.3 Å². The molecular weight excluding hydrogens is 270 g/mol. The third kappa shape index (κ3) is 2.51. The van der Waals surface area contributed by atoms with Crippen LogP contribution in [0.2, 0.25) is 0 Å². The highest BCUT2D eigenvalue weighted by Crippen LogP contribution is 2.28. The van der Waals surface area contributed by atoms with Gasteiger partial charge in [0.2, 0.25) is 0 Å². The molecule has 1 fully saturated rings. The van der Waals surface area contributed by atoms with Gasteiger partial charge in [-0.15, -0.1) is 11.3 Å². The monoisotopic (exact) mass is 291 g/mol. The highest BCUT2D eigenvalue weighted by Gasteiger charge is 2.27. The third-order valence-electron chi connectivity index (χ3n) is 4.04. The lowest BCUT2D eigenvalue weighted by molar-refractivity contribution is 0.194. The Morgan fingerprint density at radius 1 is 1.50 bits per heavy atom. The Hall–Kier alpha value is -1.24. The van der Waals surface area contributed by atoms with Crippen LogP contribution in [0.4, 0.5) is 5.82 Å². The Kier molecular flexibility index (Phi) is 3.87. The molecule has 0 spiro atoms. The molecule has 3 heterocycles. The number of nitrogens with two attached hydrogens (primary N) is 1. The van der Waals surface area contributed by atoms with Crippen molar-refractivity contribution in [1.29, 1.82) is 0 Å². The van der Waals surface area contributed by atoms with Gasteiger partial charge in [0.1, 0.15) is 10.7 Å². The first-order chi connectivity index (χ1) is 9.69. The smallest absolute Gasteiger partial charge is 0.152 e. The van der Waals surface area contributed by atoms with E-state index >= 15 is 0 Å². The molecule has 6 heteroatoms. The van der Waals surface area contributed by atoms with E-state index in [1.807, 2.05) is 11.4 Å². The molecular formula is C14H21N5S. The van der Waals surface area contributed by atoms with Crippen molar-refractivity contribution in [2.75, 3.05) is 12.0 Å². The number of hydrogen-bond acceptors (Lipinski definition) is 6. The van der Waals surface area contributed by atoms with Gasteiger partial charge >= 0.3 is 0 Å². The van der Waals surface area contributed by atoms with Crippen molar-refractivity contribution < 1.29 is 0 Å². The van der Waals surface area contributed by atoms with E-state index < -0.39 is 0 Å². The lowest BCUT2D eigenvalue weighted by atomic mass is 10.0. The second kappa shape index (κ2) is 5.63. The van der Waals surface area contributed by atoms with Crippen LogP contribution >= 0.6 is 11.3 Å². The molecule has 1 atom stereocenters. The molecule has 20 heavy (non-hydrogen) atoms. The van der Waals surface area contributed by atoms with Gasteiger partial charge in [0, 0.05) is 6.04 Å². The summed E-state index contributed by atoms with van der Waals surface area (Å²) in [6.45, 7) is 6.53. The number of thiophene rings is 1. The molecule has 0 radical (unpaired) electrons. The van der Waals surface area contributed by atoms with Gasteiger partial charge < -0.3 is 5.43 Å². The predicted octanol–water partition coefficient (Wildman–Crippen LogP) is 2.60. The fourth-order valence-corrected chi connectivity index (χ4v) is 3.85. The van der Waals surface area contributed by atoms with Crippen LogP contribution in [0.5, 0.6) is 0 Å². The van der Waals surface area contributed by atoms with Crippen molar-refractivity contribution in [3.05, 3.63) is 17.3 Å². The molecule has 0 aliphatic carbocycles. The van der Waals surface area contributed by atoms with Crippen LogP contribution in [0, 0.1) is 5.92 Å². The van der Waals surface area contributed by atoms with Gasteiger partial charge in [0.25, 0.3) is 0 Å². The molecule has 0 saturated carbocycles. The summed E-state index contributed by atoms with van der Waals surface area (Å²) in [5.41, 5.74) is 2.69. The van der Waals surface area contributed by atoms with Gasteiger partial charge in [-0.1, -0.05) is 13.8 Å². The lowest BCUT2D eigenvalue weighted by Crippen LogP contribution is -2.33. The maximum absolute atomic E-state index is 5.58. The van der Waals surface area contributed by atoms with E-state index in [1.54, 1.807) is 11.3 Å². The lowest BCUT2D eigenvalue weighted by Gasteiger charge is -2.26. The topological polar surface area (TPSA) is 67.1 Å². The molecule has 0 bridgehead atoms. The molecule has 1 aliphatic rings. The minimum atomic E-state index is 0.645. The molecule has 3 rings (SSSR count). The predicted molar refractivity (Wildman–Crippen MR) is 83.5 cm³/mol. The SMILES string of the molecule is CC(C)C1CCCN1Cc1nc(NN)c2ccsc2n1. The van der Waals surface area contributed by atoms with Crippen LogP contribution in [0.25, 0.3) is 10.2 Å². The summed E-state index contributed by atoms with van der Waals surface area (Å²) in [4.78, 5) is 12.7. The normalized spacial score (nSPS) is 20.1. The maximum atomic E-state index is 5.58. The number of nitrogens with one attached hydrogen (secondary N) is 1. The Morgan fingerprint density at radius 2 is 2.35 bits per heavy atom. The number of anilines is 1. The van der Waals surface area contributed by atoms with E-state index in [9.17, 15) is 0 Å². The summed E-state index contributed by atoms with van der Waals surface area (Å²) in [5, 5.41) is 3.03. The molecule has 3 N–H and O–H groups in total. The average molecular weight is 291 g/mol. The van der Waals surface area contributed by atoms with E-state index in [0.717, 1.165) is 34.9 Å². The number of nitrogen functional groups attached to an aromatic ring is 1. The Balaban J connectivity index is 1.87. The summed E-state index contributed by atoms with van der Waals surface area (Å²) >= 11 is 1.63. The van der Waals surface area contributed by atoms with Crippen molar-refractivity contribution in [1.82, 2.24) is 14.9 Å². The van der Waals surface area contributed by atoms with E-state index in [1.165, 1.54) is 12.8 Å². The van der Waals surface area contributed by atoms with E-state index in [4.69, 9.17) is 5.84 Å². The quantitative estimate of drug-likeness (QED) is 0.669. The first-order valence-corrected chi connectivity index (χ1v) is 8.02. The summed E-state index contributed by atoms with van der Waals surface area (Å²) < 4.78 is 0. The van der Waals surface area contributed by atoms with Gasteiger partial charge in [-0.25, -0.2) is 15.8 Å². The summed E-state index contributed by atoms with van der Waals surface area (Å²) in [5.74, 6) is 7.84. The Labute approximate surface area is 123 Å². The van der Waals surface area contributed by atoms with E-state index in [0.29, 0.717) is 12.0 Å². The zero-order chi connectivity index (χ0) is 14.1. The second-order valence-corrected chi connectivity index (χ2v) is 6.59. The number of hydrogen-bond donors (Lipinski definition) is 2. The summed E-state index contributed by atoms with van der Waals surface area (Å²) in [7, 11) is 0. The van der Waals surface area contributed by atoms with Crippen molar-refractivity contribution in [2.24, 2.45) is 11.8 Å². The minimum absolute atomic E-state index is 0.645. The third-order valence-corrected chi connectivity index (χ3v) is 4.84. The van der Waals surface area contributed by atoms with Crippen LogP contribution in [0.15, 0.2) is 11.4 Å². The van der Waals surface area contributed by atoms with E-state index in [-0.39, 0.29) is 0 Å². The standard InChI is InChI=1S/C14H21N5S/c1-9(2)11-4-3-6-19(11)8-12-16-13(18-15)10-5-7-20-14(10)17-12/h5,7,9,11H,3-4,6,8,15H2,1-2H3,(H,16,17,18). The zero-order valence-corrected chi connectivity index (χ0v) is 12.8. The van der Waals surface area contributed by atoms with Crippen LogP contribution < -0.4 is 11.3 Å². The molecule has 1 saturated heterocycles. The molecule has 0 amide bonds. The number of hydrazine groups is 1. The molecule has 0 aromatic carbocycles. The molecule has 5 nitrogen and oxygen atoms in total. The highest BCUT2D eigenvalue weighted by atomic mass is 32.1. The fraction of sp³-hybridized carbons (Fsp3) is 0.571. The van der Waals surface area contributed by atoms with Crippen molar-refractivity contribution >= 4 is 27.4 Å². The van der Waals surface area contributed by atoms with Crippen molar-refractivity contribution in [3.63, 3.8) is 0 Å². The van der Waals surface area contributed by atoms with Crippen LogP contribution in [0.3, 0.4) is 0 Å². The molecule has 1 unspecified atom stereocenters. The highest BCUT2D eigenvalue weighted by molar-refractivity contribution is 7.16. The Morgan fingerprint density at radius 3 is 3.10 bits per heavy atom. The first kappa shape index (κ1) is 13.7. The van der Waals surface area contributed by atoms with Gasteiger partial charge in [-0.2, -0.15) is 0 Å². The molecule has 108 valence electrons. The van der Waals surface area contributed by atoms with E-state index in [2.05, 4.69) is 34.1 Å². The Bertz CT molecular complexity index is 594. The second-order valence-electron chi connectivity index (χ2n) is 5.70. The average Bonchev–Trinajstić information content (AvgIpc) is 3.06. The minimum Gasteiger partial charge on any atom is -0.308 e. The molecule has 1 aliphatic heterocycles. The first-order valence-electron chi connectivity index (χ1n) is 7.14. The van der Waals surface area contributed by atoms with Crippen LogP contribution in [0.1, 0.15) is 32.5 Å². The van der Waals surface area contributed by atoms with Crippen LogP contribution in [-0.4, -0.2) is 27.5 Å². The number of nitrogens with zero attached hydrogens (tertiary/aromatic N) is 3. The summed E-state index contributed by atoms with van der Waals surface area (Å²) in [6, 6.07) is 2.65. The van der Waals surface area contributed by atoms with Gasteiger partial charge in [-0.05, 0) is 36.8 Å². The maximum Gasteiger partial charge on any atom is 0.152 e. The number of likely N-dealkylation sites (tertiary alicyclic amines) is 1. The van der Waals surface area contributed by atoms with Gasteiger partial charge in [-0.3, -0.25) is 4.90 Å². The number of rotatable bonds is 4. The van der Waals surface area contributed by atoms with Gasteiger partial charge in [0.05, 0.1) is 11.9 Å². The molecule has 2 aromatic heterocycles. The number of fused-ring (bicyclic) bond motifs is 1. The van der Waals surface area contributed by atoms with Crippen LogP contribution in [-0.2, 0) is 6.54 Å². The summed E-state index contributed by atoms with van der Waals surface area (Å²) in [6.07, 6.45) is 2.55. The largest absolute Gasteiger partial charge is 0.308 e. The zero-order valence-electron chi connectivity index (χ0n) is 12.0.